The maximum Gasteiger partial charge on any atom is 0.0947 e. The van der Waals surface area contributed by atoms with E-state index in [0.717, 1.165) is 24.2 Å². The maximum atomic E-state index is 6.12. The van der Waals surface area contributed by atoms with Crippen LogP contribution in [0.15, 0.2) is 35.4 Å². The van der Waals surface area contributed by atoms with E-state index in [1.165, 1.54) is 0 Å². The average molecular weight is 234 g/mol. The van der Waals surface area contributed by atoms with Gasteiger partial charge in [-0.2, -0.15) is 5.10 Å². The lowest BCUT2D eigenvalue weighted by atomic mass is 10.1. The number of aromatic nitrogens is 2. The zero-order valence-corrected chi connectivity index (χ0v) is 10.2. The first-order chi connectivity index (χ1) is 8.15. The first-order valence-electron chi connectivity index (χ1n) is 5.59. The van der Waals surface area contributed by atoms with Gasteiger partial charge in [0.25, 0.3) is 0 Å². The summed E-state index contributed by atoms with van der Waals surface area (Å²) in [7, 11) is 3.94. The van der Waals surface area contributed by atoms with Crippen LogP contribution >= 0.6 is 0 Å². The first kappa shape index (κ1) is 11.9. The van der Waals surface area contributed by atoms with Crippen molar-refractivity contribution in [1.82, 2.24) is 14.7 Å². The van der Waals surface area contributed by atoms with Gasteiger partial charge in [-0.1, -0.05) is 0 Å². The fourth-order valence-electron chi connectivity index (χ4n) is 1.83. The van der Waals surface area contributed by atoms with Crippen LogP contribution in [0.3, 0.4) is 0 Å². The second kappa shape index (κ2) is 5.16. The fraction of sp³-hybridized carbons (Fsp3) is 0.417. The molecule has 2 rings (SSSR count). The van der Waals surface area contributed by atoms with E-state index in [2.05, 4.69) is 10.00 Å². The fourth-order valence-corrected chi connectivity index (χ4v) is 1.83. The van der Waals surface area contributed by atoms with Crippen LogP contribution in [0.2, 0.25) is 0 Å². The Bertz CT molecular complexity index is 449. The number of nitrogens with two attached hydrogens (primary N) is 1. The summed E-state index contributed by atoms with van der Waals surface area (Å²) < 4.78 is 6.81. The molecule has 5 nitrogen and oxygen atoms in total. The normalized spacial score (nSPS) is 13.2. The largest absolute Gasteiger partial charge is 0.472 e. The number of hydrogen-bond donors (Lipinski definition) is 1. The highest BCUT2D eigenvalue weighted by atomic mass is 16.3. The van der Waals surface area contributed by atoms with E-state index in [1.807, 2.05) is 32.6 Å². The molecule has 92 valence electrons. The van der Waals surface area contributed by atoms with Gasteiger partial charge in [0, 0.05) is 43.5 Å². The molecule has 2 heterocycles. The smallest absolute Gasteiger partial charge is 0.0947 e. The zero-order valence-electron chi connectivity index (χ0n) is 10.2. The second-order valence-corrected chi connectivity index (χ2v) is 4.38. The Kier molecular flexibility index (Phi) is 3.61. The van der Waals surface area contributed by atoms with Crippen molar-refractivity contribution in [3.8, 4) is 0 Å². The molecule has 2 aromatic rings. The van der Waals surface area contributed by atoms with E-state index in [9.17, 15) is 0 Å². The molecular formula is C12H18N4O. The molecule has 0 radical (unpaired) electrons. The lowest BCUT2D eigenvalue weighted by Crippen LogP contribution is -2.28. The van der Waals surface area contributed by atoms with Gasteiger partial charge in [-0.05, 0) is 13.1 Å². The molecule has 17 heavy (non-hydrogen) atoms. The molecule has 0 aliphatic rings. The molecule has 0 amide bonds. The molecule has 1 unspecified atom stereocenters. The van der Waals surface area contributed by atoms with Crippen molar-refractivity contribution in [3.05, 3.63) is 42.1 Å². The van der Waals surface area contributed by atoms with Gasteiger partial charge < -0.3 is 15.1 Å². The average Bonchev–Trinajstić information content (AvgIpc) is 2.89. The van der Waals surface area contributed by atoms with Crippen LogP contribution < -0.4 is 5.73 Å². The number of rotatable bonds is 5. The molecule has 0 saturated carbocycles. The number of likely N-dealkylation sites (N-methyl/N-ethyl adjacent to an activating group) is 1. The van der Waals surface area contributed by atoms with Gasteiger partial charge in [-0.3, -0.25) is 4.68 Å². The maximum absolute atomic E-state index is 6.12. The molecule has 0 bridgehead atoms. The summed E-state index contributed by atoms with van der Waals surface area (Å²) in [5, 5.41) is 4.12. The van der Waals surface area contributed by atoms with Crippen molar-refractivity contribution in [2.75, 3.05) is 13.6 Å². The van der Waals surface area contributed by atoms with Crippen molar-refractivity contribution in [2.24, 2.45) is 12.8 Å². The molecule has 0 saturated heterocycles. The third-order valence-corrected chi connectivity index (χ3v) is 2.69. The quantitative estimate of drug-likeness (QED) is 0.843. The second-order valence-electron chi connectivity index (χ2n) is 4.38. The monoisotopic (exact) mass is 234 g/mol. The van der Waals surface area contributed by atoms with Gasteiger partial charge >= 0.3 is 0 Å². The Morgan fingerprint density at radius 3 is 3.00 bits per heavy atom. The lowest BCUT2D eigenvalue weighted by Gasteiger charge is -2.19. The summed E-state index contributed by atoms with van der Waals surface area (Å²) in [5.74, 6) is 0. The SMILES string of the molecule is CN(Cc1ccoc1)CC(N)c1cnn(C)c1. The minimum Gasteiger partial charge on any atom is -0.472 e. The van der Waals surface area contributed by atoms with E-state index in [4.69, 9.17) is 10.2 Å². The molecule has 0 aromatic carbocycles. The van der Waals surface area contributed by atoms with E-state index in [1.54, 1.807) is 17.2 Å². The summed E-state index contributed by atoms with van der Waals surface area (Å²) in [5.41, 5.74) is 8.34. The van der Waals surface area contributed by atoms with Crippen molar-refractivity contribution >= 4 is 0 Å². The van der Waals surface area contributed by atoms with Crippen LogP contribution in [0.5, 0.6) is 0 Å². The van der Waals surface area contributed by atoms with Gasteiger partial charge in [0.1, 0.15) is 0 Å². The summed E-state index contributed by atoms with van der Waals surface area (Å²) >= 11 is 0. The topological polar surface area (TPSA) is 60.2 Å². The number of nitrogens with zero attached hydrogens (tertiary/aromatic N) is 3. The first-order valence-corrected chi connectivity index (χ1v) is 5.59. The van der Waals surface area contributed by atoms with Gasteiger partial charge in [-0.25, -0.2) is 0 Å². The molecule has 2 N–H and O–H groups in total. The molecule has 0 fully saturated rings. The van der Waals surface area contributed by atoms with Crippen LogP contribution in [0.25, 0.3) is 0 Å². The highest BCUT2D eigenvalue weighted by molar-refractivity contribution is 5.10. The predicted octanol–water partition coefficient (Wildman–Crippen LogP) is 1.14. The molecule has 5 heteroatoms. The lowest BCUT2D eigenvalue weighted by molar-refractivity contribution is 0.304. The minimum atomic E-state index is -0.0133. The Hall–Kier alpha value is -1.59. The molecule has 1 atom stereocenters. The van der Waals surface area contributed by atoms with E-state index < -0.39 is 0 Å². The van der Waals surface area contributed by atoms with E-state index in [-0.39, 0.29) is 6.04 Å². The Morgan fingerprint density at radius 1 is 1.59 bits per heavy atom. The van der Waals surface area contributed by atoms with Crippen molar-refractivity contribution in [3.63, 3.8) is 0 Å². The van der Waals surface area contributed by atoms with E-state index >= 15 is 0 Å². The summed E-state index contributed by atoms with van der Waals surface area (Å²) in [6.45, 7) is 1.63. The molecule has 0 spiro atoms. The standard InChI is InChI=1S/C12H18N4O/c1-15(6-10-3-4-17-9-10)8-12(13)11-5-14-16(2)7-11/h3-5,7,9,12H,6,8,13H2,1-2H3. The summed E-state index contributed by atoms with van der Waals surface area (Å²) in [4.78, 5) is 2.17. The van der Waals surface area contributed by atoms with Crippen molar-refractivity contribution < 1.29 is 4.42 Å². The van der Waals surface area contributed by atoms with E-state index in [0.29, 0.717) is 0 Å². The molecule has 0 aliphatic heterocycles. The van der Waals surface area contributed by atoms with Crippen molar-refractivity contribution in [2.45, 2.75) is 12.6 Å². The number of aryl methyl sites for hydroxylation is 1. The summed E-state index contributed by atoms with van der Waals surface area (Å²) in [6.07, 6.45) is 7.21. The van der Waals surface area contributed by atoms with Gasteiger partial charge in [0.05, 0.1) is 18.7 Å². The van der Waals surface area contributed by atoms with Gasteiger partial charge in [0.2, 0.25) is 0 Å². The van der Waals surface area contributed by atoms with Crippen LogP contribution in [-0.2, 0) is 13.6 Å². The molecule has 0 aliphatic carbocycles. The summed E-state index contributed by atoms with van der Waals surface area (Å²) in [6, 6.07) is 1.95. The van der Waals surface area contributed by atoms with Crippen LogP contribution in [-0.4, -0.2) is 28.3 Å². The van der Waals surface area contributed by atoms with Gasteiger partial charge in [0.15, 0.2) is 0 Å². The minimum absolute atomic E-state index is 0.0133. The zero-order chi connectivity index (χ0) is 12.3. The number of hydrogen-bond acceptors (Lipinski definition) is 4. The van der Waals surface area contributed by atoms with Gasteiger partial charge in [-0.15, -0.1) is 0 Å². The third-order valence-electron chi connectivity index (χ3n) is 2.69. The Labute approximate surface area is 101 Å². The van der Waals surface area contributed by atoms with Crippen LogP contribution in [0.4, 0.5) is 0 Å². The highest BCUT2D eigenvalue weighted by Crippen LogP contribution is 2.11. The number of furan rings is 1. The molecular weight excluding hydrogens is 216 g/mol. The van der Waals surface area contributed by atoms with Crippen molar-refractivity contribution in [1.29, 1.82) is 0 Å². The predicted molar refractivity (Wildman–Crippen MR) is 65.2 cm³/mol. The highest BCUT2D eigenvalue weighted by Gasteiger charge is 2.11. The van der Waals surface area contributed by atoms with Crippen LogP contribution in [0, 0.1) is 0 Å². The third kappa shape index (κ3) is 3.18. The van der Waals surface area contributed by atoms with Crippen LogP contribution in [0.1, 0.15) is 17.2 Å². The molecule has 2 aromatic heterocycles. The Morgan fingerprint density at radius 2 is 2.41 bits per heavy atom. The Balaban J connectivity index is 1.88.